The van der Waals surface area contributed by atoms with Gasteiger partial charge in [0, 0.05) is 11.3 Å². The Hall–Kier alpha value is -4.82. The van der Waals surface area contributed by atoms with Crippen molar-refractivity contribution in [3.8, 4) is 22.5 Å². The Labute approximate surface area is 216 Å². The maximum atomic E-state index is 5.84. The highest BCUT2D eigenvalue weighted by atomic mass is 16.3. The predicted molar refractivity (Wildman–Crippen MR) is 150 cm³/mol. The van der Waals surface area contributed by atoms with Crippen LogP contribution in [0.3, 0.4) is 0 Å². The van der Waals surface area contributed by atoms with Crippen molar-refractivity contribution in [1.82, 2.24) is 0 Å². The van der Waals surface area contributed by atoms with Gasteiger partial charge in [-0.1, -0.05) is 91.0 Å². The van der Waals surface area contributed by atoms with Crippen LogP contribution in [0.2, 0.25) is 0 Å². The van der Waals surface area contributed by atoms with Crippen molar-refractivity contribution < 1.29 is 4.42 Å². The van der Waals surface area contributed by atoms with E-state index in [0.29, 0.717) is 0 Å². The van der Waals surface area contributed by atoms with Crippen LogP contribution in [-0.2, 0) is 5.41 Å². The summed E-state index contributed by atoms with van der Waals surface area (Å²) in [7, 11) is 0. The second-order valence-electron chi connectivity index (χ2n) is 9.74. The molecule has 0 amide bonds. The zero-order valence-corrected chi connectivity index (χ0v) is 20.1. The molecular formula is C35H23NO. The van der Waals surface area contributed by atoms with Gasteiger partial charge in [-0.2, -0.15) is 0 Å². The largest absolute Gasteiger partial charge is 0.464 e. The summed E-state index contributed by atoms with van der Waals surface area (Å²) in [4.78, 5) is 2.41. The molecule has 0 unspecified atom stereocenters. The zero-order chi connectivity index (χ0) is 24.4. The van der Waals surface area contributed by atoms with Crippen LogP contribution in [0.1, 0.15) is 22.3 Å². The highest BCUT2D eigenvalue weighted by Gasteiger charge is 2.51. The summed E-state index contributed by atoms with van der Waals surface area (Å²) in [6.45, 7) is 0. The number of benzene rings is 5. The van der Waals surface area contributed by atoms with Crippen LogP contribution in [-0.4, -0.2) is 0 Å². The molecule has 0 N–H and O–H groups in total. The Balaban J connectivity index is 1.53. The highest BCUT2D eigenvalue weighted by molar-refractivity contribution is 5.96. The lowest BCUT2D eigenvalue weighted by molar-refractivity contribution is 0.582. The first-order valence-corrected chi connectivity index (χ1v) is 12.7. The molecule has 0 saturated carbocycles. The second kappa shape index (κ2) is 7.59. The molecular weight excluding hydrogens is 450 g/mol. The summed E-state index contributed by atoms with van der Waals surface area (Å²) >= 11 is 0. The fourth-order valence-electron chi connectivity index (χ4n) is 6.56. The minimum Gasteiger partial charge on any atom is -0.464 e. The molecule has 0 saturated heterocycles. The predicted octanol–water partition coefficient (Wildman–Crippen LogP) is 9.09. The molecule has 8 rings (SSSR count). The van der Waals surface area contributed by atoms with E-state index < -0.39 is 5.41 Å². The first-order chi connectivity index (χ1) is 18.4. The molecule has 0 bridgehead atoms. The lowest BCUT2D eigenvalue weighted by Crippen LogP contribution is -2.36. The molecule has 0 atom stereocenters. The van der Waals surface area contributed by atoms with Crippen molar-refractivity contribution in [3.05, 3.63) is 162 Å². The number of anilines is 3. The number of hydrogen-bond donors (Lipinski definition) is 0. The van der Waals surface area contributed by atoms with E-state index in [2.05, 4.69) is 126 Å². The summed E-state index contributed by atoms with van der Waals surface area (Å²) in [6, 6.07) is 48.2. The van der Waals surface area contributed by atoms with Gasteiger partial charge in [0.25, 0.3) is 0 Å². The van der Waals surface area contributed by atoms with E-state index in [-0.39, 0.29) is 0 Å². The van der Waals surface area contributed by atoms with E-state index in [1.807, 2.05) is 12.1 Å². The van der Waals surface area contributed by atoms with E-state index >= 15 is 0 Å². The van der Waals surface area contributed by atoms with Gasteiger partial charge in [0.1, 0.15) is 5.76 Å². The number of para-hydroxylation sites is 3. The lowest BCUT2D eigenvalue weighted by Gasteiger charge is -2.45. The van der Waals surface area contributed by atoms with Crippen LogP contribution in [0.15, 0.2) is 144 Å². The van der Waals surface area contributed by atoms with Crippen LogP contribution in [0.25, 0.3) is 22.5 Å². The molecule has 1 spiro atoms. The van der Waals surface area contributed by atoms with Gasteiger partial charge >= 0.3 is 0 Å². The van der Waals surface area contributed by atoms with Crippen LogP contribution < -0.4 is 4.90 Å². The van der Waals surface area contributed by atoms with E-state index in [0.717, 1.165) is 17.0 Å². The molecule has 1 aliphatic carbocycles. The number of fused-ring (bicyclic) bond motifs is 9. The second-order valence-corrected chi connectivity index (χ2v) is 9.74. The Morgan fingerprint density at radius 2 is 1.11 bits per heavy atom. The van der Waals surface area contributed by atoms with Crippen LogP contribution >= 0.6 is 0 Å². The lowest BCUT2D eigenvalue weighted by atomic mass is 9.64. The van der Waals surface area contributed by atoms with Crippen molar-refractivity contribution in [2.75, 3.05) is 4.90 Å². The first-order valence-electron chi connectivity index (χ1n) is 12.7. The maximum Gasteiger partial charge on any atom is 0.133 e. The van der Waals surface area contributed by atoms with Crippen molar-refractivity contribution in [1.29, 1.82) is 0 Å². The van der Waals surface area contributed by atoms with E-state index in [4.69, 9.17) is 4.42 Å². The van der Waals surface area contributed by atoms with Gasteiger partial charge in [-0.05, 0) is 75.8 Å². The van der Waals surface area contributed by atoms with Gasteiger partial charge in [0.05, 0.1) is 23.1 Å². The summed E-state index contributed by atoms with van der Waals surface area (Å²) in [5, 5.41) is 0. The van der Waals surface area contributed by atoms with Gasteiger partial charge < -0.3 is 9.32 Å². The third kappa shape index (κ3) is 2.65. The minimum atomic E-state index is -0.438. The fraction of sp³-hybridized carbons (Fsp3) is 0.0286. The van der Waals surface area contributed by atoms with Gasteiger partial charge in [-0.25, -0.2) is 0 Å². The van der Waals surface area contributed by atoms with Gasteiger partial charge in [-0.15, -0.1) is 0 Å². The zero-order valence-electron chi connectivity index (χ0n) is 20.1. The fourth-order valence-corrected chi connectivity index (χ4v) is 6.56. The normalized spacial score (nSPS) is 14.1. The summed E-state index contributed by atoms with van der Waals surface area (Å²) < 4.78 is 5.84. The molecule has 37 heavy (non-hydrogen) atoms. The van der Waals surface area contributed by atoms with Crippen LogP contribution in [0.4, 0.5) is 17.1 Å². The van der Waals surface area contributed by atoms with Gasteiger partial charge in [0.15, 0.2) is 0 Å². The molecule has 5 aromatic carbocycles. The average Bonchev–Trinajstić information content (AvgIpc) is 3.60. The standard InChI is InChI=1S/C35H23NO/c1-2-11-25(12-3-1)36-32-17-8-6-15-29(32)35(30-16-7-9-18-33(30)36)28-14-5-4-13-26(28)27-21-20-24(23-31(27)35)34-19-10-22-37-34/h1-23H. The van der Waals surface area contributed by atoms with Crippen molar-refractivity contribution >= 4 is 17.1 Å². The summed E-state index contributed by atoms with van der Waals surface area (Å²) in [5.41, 5.74) is 12.0. The molecule has 1 aliphatic heterocycles. The molecule has 2 heteroatoms. The van der Waals surface area contributed by atoms with Crippen molar-refractivity contribution in [3.63, 3.8) is 0 Å². The smallest absolute Gasteiger partial charge is 0.133 e. The Kier molecular flexibility index (Phi) is 4.18. The summed E-state index contributed by atoms with van der Waals surface area (Å²) in [5.74, 6) is 0.886. The molecule has 2 aliphatic rings. The van der Waals surface area contributed by atoms with E-state index in [9.17, 15) is 0 Å². The third-order valence-corrected chi connectivity index (χ3v) is 7.96. The van der Waals surface area contributed by atoms with Crippen molar-refractivity contribution in [2.24, 2.45) is 0 Å². The molecule has 6 aromatic rings. The number of hydrogen-bond acceptors (Lipinski definition) is 2. The Bertz CT molecular complexity index is 1730. The number of furan rings is 1. The summed E-state index contributed by atoms with van der Waals surface area (Å²) in [6.07, 6.45) is 1.75. The Morgan fingerprint density at radius 3 is 1.81 bits per heavy atom. The average molecular weight is 474 g/mol. The molecule has 1 aromatic heterocycles. The minimum absolute atomic E-state index is 0.438. The van der Waals surface area contributed by atoms with Crippen LogP contribution in [0.5, 0.6) is 0 Å². The monoisotopic (exact) mass is 473 g/mol. The quantitative estimate of drug-likeness (QED) is 0.249. The first kappa shape index (κ1) is 20.4. The van der Waals surface area contributed by atoms with Crippen molar-refractivity contribution in [2.45, 2.75) is 5.41 Å². The number of nitrogens with zero attached hydrogens (tertiary/aromatic N) is 1. The maximum absolute atomic E-state index is 5.84. The van der Waals surface area contributed by atoms with Crippen LogP contribution in [0, 0.1) is 0 Å². The topological polar surface area (TPSA) is 16.4 Å². The highest BCUT2D eigenvalue weighted by Crippen LogP contribution is 2.63. The van der Waals surface area contributed by atoms with E-state index in [1.165, 1.54) is 44.8 Å². The Morgan fingerprint density at radius 1 is 0.486 bits per heavy atom. The van der Waals surface area contributed by atoms with E-state index in [1.54, 1.807) is 6.26 Å². The molecule has 2 nitrogen and oxygen atoms in total. The van der Waals surface area contributed by atoms with Gasteiger partial charge in [0.2, 0.25) is 0 Å². The van der Waals surface area contributed by atoms with Gasteiger partial charge in [-0.3, -0.25) is 0 Å². The molecule has 174 valence electrons. The third-order valence-electron chi connectivity index (χ3n) is 7.96. The molecule has 0 fully saturated rings. The molecule has 0 radical (unpaired) electrons. The molecule has 2 heterocycles. The SMILES string of the molecule is c1ccc(N2c3ccccc3C3(c4ccccc4-c4ccc(-c5ccco5)cc43)c3ccccc32)cc1. The number of rotatable bonds is 2.